The molecule has 0 atom stereocenters. The van der Waals surface area contributed by atoms with Crippen LogP contribution < -0.4 is 5.73 Å². The van der Waals surface area contributed by atoms with Crippen molar-refractivity contribution in [3.8, 4) is 0 Å². The highest BCUT2D eigenvalue weighted by atomic mass is 16.1. The summed E-state index contributed by atoms with van der Waals surface area (Å²) in [4.78, 5) is 11.7. The fraction of sp³-hybridized carbons (Fsp3) is 0.800. The predicted octanol–water partition coefficient (Wildman–Crippen LogP) is -0.967. The number of likely N-dealkylation sites (tertiary alicyclic amines) is 1. The number of hydrogen-bond donors (Lipinski definition) is 1. The van der Waals surface area contributed by atoms with Gasteiger partial charge in [-0.3, -0.25) is 4.79 Å². The standard InChI is InChI=1S/C5H10N2O/c6-1-5-2-7(3-5)4-8/h4-5H,1-3,6H2. The van der Waals surface area contributed by atoms with Gasteiger partial charge in [0.2, 0.25) is 6.41 Å². The van der Waals surface area contributed by atoms with Crippen LogP contribution in [0.3, 0.4) is 0 Å². The fourth-order valence-electron chi connectivity index (χ4n) is 0.845. The summed E-state index contributed by atoms with van der Waals surface area (Å²) < 4.78 is 0. The summed E-state index contributed by atoms with van der Waals surface area (Å²) in [5.74, 6) is 0.570. The molecule has 0 saturated carbocycles. The first-order valence-electron chi connectivity index (χ1n) is 2.76. The van der Waals surface area contributed by atoms with Gasteiger partial charge in [-0.1, -0.05) is 0 Å². The van der Waals surface area contributed by atoms with Crippen LogP contribution in [-0.4, -0.2) is 30.9 Å². The SMILES string of the molecule is NCC1CN(C=O)C1. The number of hydrogen-bond acceptors (Lipinski definition) is 2. The van der Waals surface area contributed by atoms with E-state index in [9.17, 15) is 4.79 Å². The van der Waals surface area contributed by atoms with E-state index >= 15 is 0 Å². The summed E-state index contributed by atoms with van der Waals surface area (Å²) in [6.45, 7) is 2.43. The molecule has 0 aromatic rings. The molecule has 0 bridgehead atoms. The van der Waals surface area contributed by atoms with Crippen LogP contribution in [0.5, 0.6) is 0 Å². The Kier molecular flexibility index (Phi) is 1.48. The number of carbonyl (C=O) groups is 1. The lowest BCUT2D eigenvalue weighted by atomic mass is 10.0. The van der Waals surface area contributed by atoms with Crippen molar-refractivity contribution in [3.63, 3.8) is 0 Å². The lowest BCUT2D eigenvalue weighted by Gasteiger charge is -2.35. The van der Waals surface area contributed by atoms with Crippen LogP contribution in [0.15, 0.2) is 0 Å². The number of amides is 1. The second kappa shape index (κ2) is 2.13. The molecule has 3 nitrogen and oxygen atoms in total. The van der Waals surface area contributed by atoms with Crippen LogP contribution in [0.2, 0.25) is 0 Å². The van der Waals surface area contributed by atoms with Gasteiger partial charge in [0, 0.05) is 19.0 Å². The Bertz CT molecular complexity index is 88.4. The van der Waals surface area contributed by atoms with Crippen molar-refractivity contribution >= 4 is 6.41 Å². The number of nitrogens with two attached hydrogens (primary N) is 1. The van der Waals surface area contributed by atoms with E-state index in [0.29, 0.717) is 12.5 Å². The molecule has 0 spiro atoms. The van der Waals surface area contributed by atoms with E-state index < -0.39 is 0 Å². The molecule has 46 valence electrons. The van der Waals surface area contributed by atoms with Gasteiger partial charge in [-0.15, -0.1) is 0 Å². The van der Waals surface area contributed by atoms with Crippen LogP contribution in [0, 0.1) is 5.92 Å². The van der Waals surface area contributed by atoms with E-state index in [4.69, 9.17) is 5.73 Å². The van der Waals surface area contributed by atoms with Gasteiger partial charge in [0.05, 0.1) is 0 Å². The molecule has 1 heterocycles. The first-order valence-corrected chi connectivity index (χ1v) is 2.76. The van der Waals surface area contributed by atoms with Gasteiger partial charge in [0.25, 0.3) is 0 Å². The van der Waals surface area contributed by atoms with Gasteiger partial charge >= 0.3 is 0 Å². The summed E-state index contributed by atoms with van der Waals surface area (Å²) in [5.41, 5.74) is 5.31. The summed E-state index contributed by atoms with van der Waals surface area (Å²) in [6, 6.07) is 0. The summed E-state index contributed by atoms with van der Waals surface area (Å²) in [7, 11) is 0. The van der Waals surface area contributed by atoms with Crippen molar-refractivity contribution in [2.24, 2.45) is 11.7 Å². The van der Waals surface area contributed by atoms with Crippen molar-refractivity contribution in [1.82, 2.24) is 4.90 Å². The second-order valence-corrected chi connectivity index (χ2v) is 2.16. The molecular weight excluding hydrogens is 104 g/mol. The van der Waals surface area contributed by atoms with Crippen LogP contribution in [0.1, 0.15) is 0 Å². The first-order chi connectivity index (χ1) is 3.86. The molecule has 1 amide bonds. The van der Waals surface area contributed by atoms with Gasteiger partial charge in [0.15, 0.2) is 0 Å². The zero-order valence-corrected chi connectivity index (χ0v) is 4.71. The molecule has 1 rings (SSSR count). The maximum absolute atomic E-state index is 9.93. The number of rotatable bonds is 2. The lowest BCUT2D eigenvalue weighted by molar-refractivity contribution is -0.123. The van der Waals surface area contributed by atoms with Crippen molar-refractivity contribution < 1.29 is 4.79 Å². The van der Waals surface area contributed by atoms with Crippen molar-refractivity contribution in [3.05, 3.63) is 0 Å². The van der Waals surface area contributed by atoms with E-state index in [1.165, 1.54) is 0 Å². The summed E-state index contributed by atoms with van der Waals surface area (Å²) >= 11 is 0. The number of carbonyl (C=O) groups excluding carboxylic acids is 1. The van der Waals surface area contributed by atoms with E-state index in [1.807, 2.05) is 0 Å². The zero-order chi connectivity index (χ0) is 5.98. The highest BCUT2D eigenvalue weighted by molar-refractivity contribution is 5.48. The third-order valence-electron chi connectivity index (χ3n) is 1.47. The van der Waals surface area contributed by atoms with Crippen LogP contribution in [0.4, 0.5) is 0 Å². The molecule has 1 saturated heterocycles. The Morgan fingerprint density at radius 1 is 1.75 bits per heavy atom. The minimum absolute atomic E-state index is 0.570. The van der Waals surface area contributed by atoms with Gasteiger partial charge in [-0.25, -0.2) is 0 Å². The predicted molar refractivity (Wildman–Crippen MR) is 30.2 cm³/mol. The molecule has 8 heavy (non-hydrogen) atoms. The molecule has 0 unspecified atom stereocenters. The Hall–Kier alpha value is -0.570. The topological polar surface area (TPSA) is 46.3 Å². The monoisotopic (exact) mass is 114 g/mol. The molecule has 1 aliphatic heterocycles. The van der Waals surface area contributed by atoms with E-state index in [-0.39, 0.29) is 0 Å². The molecule has 0 aromatic heterocycles. The van der Waals surface area contributed by atoms with Crippen molar-refractivity contribution in [2.45, 2.75) is 0 Å². The van der Waals surface area contributed by atoms with E-state index in [2.05, 4.69) is 0 Å². The highest BCUT2D eigenvalue weighted by Crippen LogP contribution is 2.09. The average molecular weight is 114 g/mol. The van der Waals surface area contributed by atoms with Crippen molar-refractivity contribution in [1.29, 1.82) is 0 Å². The highest BCUT2D eigenvalue weighted by Gasteiger charge is 2.22. The van der Waals surface area contributed by atoms with Gasteiger partial charge in [0.1, 0.15) is 0 Å². The minimum atomic E-state index is 0.570. The van der Waals surface area contributed by atoms with Crippen molar-refractivity contribution in [2.75, 3.05) is 19.6 Å². The largest absolute Gasteiger partial charge is 0.344 e. The smallest absolute Gasteiger partial charge is 0.209 e. The molecular formula is C5H10N2O. The quantitative estimate of drug-likeness (QED) is 0.470. The molecule has 2 N–H and O–H groups in total. The molecule has 0 aliphatic carbocycles. The summed E-state index contributed by atoms with van der Waals surface area (Å²) in [5, 5.41) is 0. The average Bonchev–Trinajstić information content (AvgIpc) is 1.65. The Balaban J connectivity index is 2.11. The van der Waals surface area contributed by atoms with Gasteiger partial charge < -0.3 is 10.6 Å². The van der Waals surface area contributed by atoms with Crippen LogP contribution in [-0.2, 0) is 4.79 Å². The normalized spacial score (nSPS) is 20.4. The Morgan fingerprint density at radius 2 is 2.38 bits per heavy atom. The third kappa shape index (κ3) is 0.816. The van der Waals surface area contributed by atoms with Crippen LogP contribution >= 0.6 is 0 Å². The first kappa shape index (κ1) is 5.56. The number of nitrogens with zero attached hydrogens (tertiary/aromatic N) is 1. The van der Waals surface area contributed by atoms with Gasteiger partial charge in [-0.2, -0.15) is 0 Å². The maximum Gasteiger partial charge on any atom is 0.209 e. The van der Waals surface area contributed by atoms with Gasteiger partial charge in [-0.05, 0) is 6.54 Å². The fourth-order valence-corrected chi connectivity index (χ4v) is 0.845. The zero-order valence-electron chi connectivity index (χ0n) is 4.71. The minimum Gasteiger partial charge on any atom is -0.344 e. The molecule has 1 aliphatic rings. The third-order valence-corrected chi connectivity index (χ3v) is 1.47. The Labute approximate surface area is 48.5 Å². The lowest BCUT2D eigenvalue weighted by Crippen LogP contribution is -2.48. The molecule has 0 radical (unpaired) electrons. The molecule has 0 aromatic carbocycles. The Morgan fingerprint density at radius 3 is 2.75 bits per heavy atom. The van der Waals surface area contributed by atoms with E-state index in [0.717, 1.165) is 19.5 Å². The maximum atomic E-state index is 9.93. The van der Waals surface area contributed by atoms with Crippen LogP contribution in [0.25, 0.3) is 0 Å². The summed E-state index contributed by atoms with van der Waals surface area (Å²) in [6.07, 6.45) is 0.867. The second-order valence-electron chi connectivity index (χ2n) is 2.16. The molecule has 1 fully saturated rings. The van der Waals surface area contributed by atoms with E-state index in [1.54, 1.807) is 4.90 Å². The molecule has 3 heteroatoms.